The van der Waals surface area contributed by atoms with Gasteiger partial charge in [0, 0.05) is 32.1 Å². The monoisotopic (exact) mass is 399 g/mol. The number of hydrogen-bond acceptors (Lipinski definition) is 4. The van der Waals surface area contributed by atoms with Crippen LogP contribution in [0.15, 0.2) is 85.6 Å². The molecule has 0 aliphatic carbocycles. The van der Waals surface area contributed by atoms with Crippen molar-refractivity contribution >= 4 is 5.91 Å². The molecule has 1 atom stereocenters. The lowest BCUT2D eigenvalue weighted by molar-refractivity contribution is -0.133. The summed E-state index contributed by atoms with van der Waals surface area (Å²) in [5, 5.41) is 9.21. The van der Waals surface area contributed by atoms with Crippen LogP contribution in [0.2, 0.25) is 0 Å². The molecule has 0 N–H and O–H groups in total. The number of nitrogens with zero attached hydrogens (tertiary/aromatic N) is 3. The molecule has 1 aromatic heterocycles. The number of amides is 1. The van der Waals surface area contributed by atoms with Crippen molar-refractivity contribution in [3.8, 4) is 11.9 Å². The SMILES string of the molecule is C=C/C=C(\C=C)C(C(=O)N1CCC(Oc2ncccc2C#N)CC1)c1ccccc1. The molecule has 0 radical (unpaired) electrons. The van der Waals surface area contributed by atoms with Crippen LogP contribution in [-0.4, -0.2) is 35.0 Å². The Morgan fingerprint density at radius 1 is 1.20 bits per heavy atom. The molecule has 30 heavy (non-hydrogen) atoms. The van der Waals surface area contributed by atoms with Crippen molar-refractivity contribution in [1.82, 2.24) is 9.88 Å². The molecule has 1 aliphatic rings. The zero-order valence-electron chi connectivity index (χ0n) is 16.9. The maximum absolute atomic E-state index is 13.4. The molecular weight excluding hydrogens is 374 g/mol. The molecule has 152 valence electrons. The Hall–Kier alpha value is -3.65. The first-order valence-electron chi connectivity index (χ1n) is 9.98. The molecule has 5 heteroatoms. The lowest BCUT2D eigenvalue weighted by atomic mass is 9.88. The standard InChI is InChI=1S/C25H25N3O2/c1-3-9-19(4-2)23(20-10-6-5-7-11-20)25(29)28-16-13-22(14-17-28)30-24-21(18-26)12-8-15-27-24/h3-12,15,22-23H,1-2,13-14,16-17H2/b19-9+. The van der Waals surface area contributed by atoms with Gasteiger partial charge in [-0.25, -0.2) is 4.98 Å². The van der Waals surface area contributed by atoms with Crippen LogP contribution >= 0.6 is 0 Å². The molecule has 2 heterocycles. The normalized spacial score (nSPS) is 15.7. The largest absolute Gasteiger partial charge is 0.473 e. The van der Waals surface area contributed by atoms with Gasteiger partial charge in [0.2, 0.25) is 11.8 Å². The molecule has 1 fully saturated rings. The average molecular weight is 399 g/mol. The van der Waals surface area contributed by atoms with Crippen molar-refractivity contribution < 1.29 is 9.53 Å². The van der Waals surface area contributed by atoms with Gasteiger partial charge in [-0.1, -0.05) is 61.7 Å². The fourth-order valence-electron chi connectivity index (χ4n) is 3.65. The van der Waals surface area contributed by atoms with Gasteiger partial charge >= 0.3 is 0 Å². The molecular formula is C25H25N3O2. The van der Waals surface area contributed by atoms with Crippen LogP contribution in [0.1, 0.15) is 29.9 Å². The minimum Gasteiger partial charge on any atom is -0.473 e. The van der Waals surface area contributed by atoms with Gasteiger partial charge in [0.25, 0.3) is 0 Å². The highest BCUT2D eigenvalue weighted by Crippen LogP contribution is 2.29. The van der Waals surface area contributed by atoms with E-state index in [2.05, 4.69) is 24.2 Å². The number of carbonyl (C=O) groups excluding carboxylic acids is 1. The van der Waals surface area contributed by atoms with Crippen molar-refractivity contribution in [2.75, 3.05) is 13.1 Å². The number of rotatable bonds is 7. The summed E-state index contributed by atoms with van der Waals surface area (Å²) < 4.78 is 5.95. The highest BCUT2D eigenvalue weighted by Gasteiger charge is 2.31. The number of carbonyl (C=O) groups is 1. The summed E-state index contributed by atoms with van der Waals surface area (Å²) >= 11 is 0. The molecule has 1 saturated heterocycles. The van der Waals surface area contributed by atoms with Crippen molar-refractivity contribution in [3.63, 3.8) is 0 Å². The van der Waals surface area contributed by atoms with E-state index in [0.29, 0.717) is 37.4 Å². The van der Waals surface area contributed by atoms with Crippen molar-refractivity contribution in [1.29, 1.82) is 5.26 Å². The van der Waals surface area contributed by atoms with E-state index in [1.165, 1.54) is 0 Å². The van der Waals surface area contributed by atoms with Gasteiger partial charge in [-0.15, -0.1) is 0 Å². The van der Waals surface area contributed by atoms with Crippen LogP contribution in [0.3, 0.4) is 0 Å². The first-order chi connectivity index (χ1) is 14.7. The fourth-order valence-corrected chi connectivity index (χ4v) is 3.65. The van der Waals surface area contributed by atoms with E-state index in [0.717, 1.165) is 11.1 Å². The maximum atomic E-state index is 13.4. The number of nitriles is 1. The van der Waals surface area contributed by atoms with Crippen molar-refractivity contribution in [2.24, 2.45) is 0 Å². The van der Waals surface area contributed by atoms with Gasteiger partial charge in [0.05, 0.1) is 5.92 Å². The second-order valence-corrected chi connectivity index (χ2v) is 7.06. The maximum Gasteiger partial charge on any atom is 0.234 e. The highest BCUT2D eigenvalue weighted by atomic mass is 16.5. The minimum atomic E-state index is -0.417. The molecule has 1 aromatic carbocycles. The number of pyridine rings is 1. The van der Waals surface area contributed by atoms with Crippen LogP contribution < -0.4 is 4.74 Å². The summed E-state index contributed by atoms with van der Waals surface area (Å²) in [4.78, 5) is 19.5. The predicted octanol–water partition coefficient (Wildman–Crippen LogP) is 4.41. The number of piperidine rings is 1. The zero-order valence-corrected chi connectivity index (χ0v) is 16.9. The van der Waals surface area contributed by atoms with E-state index in [-0.39, 0.29) is 12.0 Å². The summed E-state index contributed by atoms with van der Waals surface area (Å²) in [6.07, 6.45) is 8.14. The van der Waals surface area contributed by atoms with E-state index in [9.17, 15) is 10.1 Å². The number of aromatic nitrogens is 1. The number of benzene rings is 1. The van der Waals surface area contributed by atoms with Crippen LogP contribution in [0.4, 0.5) is 0 Å². The second kappa shape index (κ2) is 10.2. The van der Waals surface area contributed by atoms with Crippen molar-refractivity contribution in [3.05, 3.63) is 96.7 Å². The van der Waals surface area contributed by atoms with Gasteiger partial charge in [0.1, 0.15) is 17.7 Å². The molecule has 0 spiro atoms. The summed E-state index contributed by atoms with van der Waals surface area (Å²) in [5.74, 6) is -0.0156. The third kappa shape index (κ3) is 4.84. The van der Waals surface area contributed by atoms with Gasteiger partial charge in [-0.3, -0.25) is 4.79 Å². The summed E-state index contributed by atoms with van der Waals surface area (Å²) in [6.45, 7) is 8.82. The predicted molar refractivity (Wildman–Crippen MR) is 117 cm³/mol. The topological polar surface area (TPSA) is 66.2 Å². The second-order valence-electron chi connectivity index (χ2n) is 7.06. The lowest BCUT2D eigenvalue weighted by Gasteiger charge is -2.34. The van der Waals surface area contributed by atoms with E-state index < -0.39 is 5.92 Å². The Bertz CT molecular complexity index is 967. The van der Waals surface area contributed by atoms with Gasteiger partial charge in [-0.05, 0) is 23.3 Å². The van der Waals surface area contributed by atoms with E-state index in [4.69, 9.17) is 4.74 Å². The van der Waals surface area contributed by atoms with Gasteiger partial charge < -0.3 is 9.64 Å². The molecule has 1 aliphatic heterocycles. The average Bonchev–Trinajstić information content (AvgIpc) is 2.80. The smallest absolute Gasteiger partial charge is 0.234 e. The Morgan fingerprint density at radius 3 is 2.57 bits per heavy atom. The molecule has 5 nitrogen and oxygen atoms in total. The van der Waals surface area contributed by atoms with E-state index in [1.54, 1.807) is 30.5 Å². The van der Waals surface area contributed by atoms with Crippen LogP contribution in [-0.2, 0) is 4.79 Å². The molecule has 1 unspecified atom stereocenters. The summed E-state index contributed by atoms with van der Waals surface area (Å²) in [6, 6.07) is 15.2. The van der Waals surface area contributed by atoms with E-state index >= 15 is 0 Å². The van der Waals surface area contributed by atoms with Crippen LogP contribution in [0, 0.1) is 11.3 Å². The Labute approximate surface area is 177 Å². The van der Waals surface area contributed by atoms with Crippen LogP contribution in [0.5, 0.6) is 5.88 Å². The molecule has 0 saturated carbocycles. The van der Waals surface area contributed by atoms with Crippen LogP contribution in [0.25, 0.3) is 0 Å². The molecule has 2 aromatic rings. The summed E-state index contributed by atoms with van der Waals surface area (Å²) in [5.41, 5.74) is 2.18. The lowest BCUT2D eigenvalue weighted by Crippen LogP contribution is -2.44. The Balaban J connectivity index is 1.72. The van der Waals surface area contributed by atoms with Crippen molar-refractivity contribution in [2.45, 2.75) is 24.9 Å². The highest BCUT2D eigenvalue weighted by molar-refractivity contribution is 5.88. The van der Waals surface area contributed by atoms with E-state index in [1.807, 2.05) is 41.3 Å². The van der Waals surface area contributed by atoms with Gasteiger partial charge in [0.15, 0.2) is 0 Å². The third-order valence-corrected chi connectivity index (χ3v) is 5.18. The number of likely N-dealkylation sites (tertiary alicyclic amines) is 1. The first kappa shape index (κ1) is 21.1. The third-order valence-electron chi connectivity index (χ3n) is 5.18. The molecule has 3 rings (SSSR count). The summed E-state index contributed by atoms with van der Waals surface area (Å²) in [7, 11) is 0. The number of hydrogen-bond donors (Lipinski definition) is 0. The first-order valence-corrected chi connectivity index (χ1v) is 9.98. The quantitative estimate of drug-likeness (QED) is 0.647. The van der Waals surface area contributed by atoms with Gasteiger partial charge in [-0.2, -0.15) is 5.26 Å². The number of ether oxygens (including phenoxy) is 1. The minimum absolute atomic E-state index is 0.0446. The Morgan fingerprint density at radius 2 is 1.93 bits per heavy atom. The zero-order chi connectivity index (χ0) is 21.3. The molecule has 0 bridgehead atoms. The number of allylic oxidation sites excluding steroid dienone is 3. The molecule has 1 amide bonds. The fraction of sp³-hybridized carbons (Fsp3) is 0.240. The Kier molecular flexibility index (Phi) is 7.18.